The standard InChI is InChI=1S/C14H19N3O2S/c1-3-10-12(18)16-11(9-4-5-9)14(19)17(10)8(2)13-15-6-7-20-13/h6-11H,3-5H2,1-2H3,(H,16,18). The van der Waals surface area contributed by atoms with Crippen molar-refractivity contribution in [2.75, 3.05) is 0 Å². The first-order chi connectivity index (χ1) is 9.63. The Kier molecular flexibility index (Phi) is 3.50. The van der Waals surface area contributed by atoms with E-state index in [4.69, 9.17) is 0 Å². The monoisotopic (exact) mass is 293 g/mol. The highest BCUT2D eigenvalue weighted by atomic mass is 32.1. The summed E-state index contributed by atoms with van der Waals surface area (Å²) < 4.78 is 0. The molecule has 1 aromatic heterocycles. The van der Waals surface area contributed by atoms with Crippen molar-refractivity contribution in [2.45, 2.75) is 51.2 Å². The molecule has 3 unspecified atom stereocenters. The maximum absolute atomic E-state index is 12.7. The average molecular weight is 293 g/mol. The zero-order chi connectivity index (χ0) is 14.3. The van der Waals surface area contributed by atoms with Crippen LogP contribution in [0.15, 0.2) is 11.6 Å². The molecule has 2 heterocycles. The van der Waals surface area contributed by atoms with Crippen molar-refractivity contribution in [3.8, 4) is 0 Å². The molecule has 2 fully saturated rings. The first-order valence-electron chi connectivity index (χ1n) is 7.15. The highest BCUT2D eigenvalue weighted by Gasteiger charge is 2.48. The van der Waals surface area contributed by atoms with Crippen LogP contribution in [0.25, 0.3) is 0 Å². The van der Waals surface area contributed by atoms with E-state index in [2.05, 4.69) is 10.3 Å². The van der Waals surface area contributed by atoms with Crippen LogP contribution in [-0.2, 0) is 9.59 Å². The lowest BCUT2D eigenvalue weighted by molar-refractivity contribution is -0.152. The van der Waals surface area contributed by atoms with E-state index in [9.17, 15) is 9.59 Å². The Hall–Kier alpha value is -1.43. The van der Waals surface area contributed by atoms with E-state index in [1.807, 2.05) is 19.2 Å². The number of hydrogen-bond donors (Lipinski definition) is 1. The van der Waals surface area contributed by atoms with Gasteiger partial charge in [0.15, 0.2) is 0 Å². The lowest BCUT2D eigenvalue weighted by Gasteiger charge is -2.41. The van der Waals surface area contributed by atoms with Crippen molar-refractivity contribution in [1.29, 1.82) is 0 Å². The summed E-state index contributed by atoms with van der Waals surface area (Å²) in [5, 5.41) is 5.70. The molecule has 1 N–H and O–H groups in total. The Labute approximate surface area is 122 Å². The molecule has 1 saturated heterocycles. The molecule has 3 atom stereocenters. The van der Waals surface area contributed by atoms with Crippen LogP contribution in [0.2, 0.25) is 0 Å². The van der Waals surface area contributed by atoms with E-state index in [1.165, 1.54) is 11.3 Å². The molecule has 2 amide bonds. The van der Waals surface area contributed by atoms with Crippen LogP contribution in [0.3, 0.4) is 0 Å². The third-order valence-electron chi connectivity index (χ3n) is 4.16. The van der Waals surface area contributed by atoms with Crippen molar-refractivity contribution in [1.82, 2.24) is 15.2 Å². The maximum atomic E-state index is 12.7. The average Bonchev–Trinajstić information content (AvgIpc) is 3.13. The van der Waals surface area contributed by atoms with Crippen LogP contribution < -0.4 is 5.32 Å². The molecular formula is C14H19N3O2S. The Balaban J connectivity index is 1.90. The number of aromatic nitrogens is 1. The third-order valence-corrected chi connectivity index (χ3v) is 5.11. The van der Waals surface area contributed by atoms with Gasteiger partial charge in [0.2, 0.25) is 11.8 Å². The highest BCUT2D eigenvalue weighted by Crippen LogP contribution is 2.37. The van der Waals surface area contributed by atoms with Gasteiger partial charge in [-0.2, -0.15) is 0 Å². The minimum Gasteiger partial charge on any atom is -0.342 e. The Morgan fingerprint density at radius 3 is 2.80 bits per heavy atom. The predicted octanol–water partition coefficient (Wildman–Crippen LogP) is 1.72. The number of carbonyl (C=O) groups excluding carboxylic acids is 2. The molecular weight excluding hydrogens is 274 g/mol. The number of carbonyl (C=O) groups is 2. The smallest absolute Gasteiger partial charge is 0.246 e. The van der Waals surface area contributed by atoms with Gasteiger partial charge in [-0.3, -0.25) is 9.59 Å². The summed E-state index contributed by atoms with van der Waals surface area (Å²) in [4.78, 5) is 31.1. The Morgan fingerprint density at radius 1 is 1.50 bits per heavy atom. The molecule has 0 bridgehead atoms. The van der Waals surface area contributed by atoms with Gasteiger partial charge in [-0.15, -0.1) is 11.3 Å². The van der Waals surface area contributed by atoms with Gasteiger partial charge in [0, 0.05) is 11.6 Å². The lowest BCUT2D eigenvalue weighted by atomic mass is 10.00. The summed E-state index contributed by atoms with van der Waals surface area (Å²) in [6.45, 7) is 3.90. The zero-order valence-electron chi connectivity index (χ0n) is 11.7. The summed E-state index contributed by atoms with van der Waals surface area (Å²) in [7, 11) is 0. The zero-order valence-corrected chi connectivity index (χ0v) is 12.5. The Morgan fingerprint density at radius 2 is 2.25 bits per heavy atom. The fourth-order valence-corrected chi connectivity index (χ4v) is 3.60. The van der Waals surface area contributed by atoms with E-state index in [0.717, 1.165) is 17.8 Å². The van der Waals surface area contributed by atoms with Crippen molar-refractivity contribution in [3.63, 3.8) is 0 Å². The molecule has 1 aliphatic carbocycles. The second kappa shape index (κ2) is 5.16. The summed E-state index contributed by atoms with van der Waals surface area (Å²) in [6.07, 6.45) is 4.44. The second-order valence-electron chi connectivity index (χ2n) is 5.54. The predicted molar refractivity (Wildman–Crippen MR) is 76.1 cm³/mol. The Bertz CT molecular complexity index is 512. The molecule has 0 spiro atoms. The number of piperazine rings is 1. The third kappa shape index (κ3) is 2.22. The van der Waals surface area contributed by atoms with E-state index < -0.39 is 0 Å². The van der Waals surface area contributed by atoms with Crippen LogP contribution in [0.1, 0.15) is 44.2 Å². The van der Waals surface area contributed by atoms with Crippen LogP contribution in [0.4, 0.5) is 0 Å². The molecule has 0 radical (unpaired) electrons. The summed E-state index contributed by atoms with van der Waals surface area (Å²) >= 11 is 1.53. The van der Waals surface area contributed by atoms with Gasteiger partial charge in [-0.05, 0) is 32.1 Å². The fraction of sp³-hybridized carbons (Fsp3) is 0.643. The fourth-order valence-electron chi connectivity index (χ4n) is 2.90. The molecule has 108 valence electrons. The highest BCUT2D eigenvalue weighted by molar-refractivity contribution is 7.09. The summed E-state index contributed by atoms with van der Waals surface area (Å²) in [6, 6.07) is -0.844. The summed E-state index contributed by atoms with van der Waals surface area (Å²) in [5.41, 5.74) is 0. The lowest BCUT2D eigenvalue weighted by Crippen LogP contribution is -2.64. The minimum absolute atomic E-state index is 0.0209. The van der Waals surface area contributed by atoms with Crippen molar-refractivity contribution in [3.05, 3.63) is 16.6 Å². The molecule has 20 heavy (non-hydrogen) atoms. The van der Waals surface area contributed by atoms with E-state index in [0.29, 0.717) is 12.3 Å². The molecule has 1 aromatic rings. The van der Waals surface area contributed by atoms with Crippen molar-refractivity contribution < 1.29 is 9.59 Å². The minimum atomic E-state index is -0.378. The first kappa shape index (κ1) is 13.5. The van der Waals surface area contributed by atoms with Gasteiger partial charge in [0.25, 0.3) is 0 Å². The normalized spacial score (nSPS) is 28.4. The first-order valence-corrected chi connectivity index (χ1v) is 8.03. The molecule has 2 aliphatic rings. The molecule has 1 aliphatic heterocycles. The van der Waals surface area contributed by atoms with Crippen LogP contribution in [-0.4, -0.2) is 33.8 Å². The van der Waals surface area contributed by atoms with Crippen LogP contribution in [0, 0.1) is 5.92 Å². The number of nitrogens with one attached hydrogen (secondary N) is 1. The van der Waals surface area contributed by atoms with Crippen LogP contribution in [0.5, 0.6) is 0 Å². The number of hydrogen-bond acceptors (Lipinski definition) is 4. The van der Waals surface area contributed by atoms with Crippen molar-refractivity contribution in [2.24, 2.45) is 5.92 Å². The second-order valence-corrected chi connectivity index (χ2v) is 6.47. The van der Waals surface area contributed by atoms with E-state index >= 15 is 0 Å². The number of nitrogens with zero attached hydrogens (tertiary/aromatic N) is 2. The molecule has 1 saturated carbocycles. The van der Waals surface area contributed by atoms with E-state index in [-0.39, 0.29) is 29.9 Å². The topological polar surface area (TPSA) is 62.3 Å². The van der Waals surface area contributed by atoms with Gasteiger partial charge in [0.05, 0.1) is 6.04 Å². The van der Waals surface area contributed by atoms with Crippen molar-refractivity contribution >= 4 is 23.2 Å². The van der Waals surface area contributed by atoms with Gasteiger partial charge >= 0.3 is 0 Å². The number of rotatable bonds is 4. The SMILES string of the molecule is CCC1C(=O)NC(C2CC2)C(=O)N1C(C)c1nccs1. The molecule has 3 rings (SSSR count). The molecule has 0 aromatic carbocycles. The quantitative estimate of drug-likeness (QED) is 0.919. The van der Waals surface area contributed by atoms with Gasteiger partial charge in [-0.1, -0.05) is 6.92 Å². The number of amides is 2. The molecule has 6 heteroatoms. The van der Waals surface area contributed by atoms with Gasteiger partial charge in [-0.25, -0.2) is 4.98 Å². The number of thiazole rings is 1. The summed E-state index contributed by atoms with van der Waals surface area (Å²) in [5.74, 6) is 0.365. The van der Waals surface area contributed by atoms with E-state index in [1.54, 1.807) is 11.1 Å². The largest absolute Gasteiger partial charge is 0.342 e. The molecule has 5 nitrogen and oxygen atoms in total. The van der Waals surface area contributed by atoms with Crippen LogP contribution >= 0.6 is 11.3 Å². The van der Waals surface area contributed by atoms with Gasteiger partial charge < -0.3 is 10.2 Å². The van der Waals surface area contributed by atoms with Gasteiger partial charge in [0.1, 0.15) is 17.1 Å². The maximum Gasteiger partial charge on any atom is 0.246 e.